The molecule has 0 saturated carbocycles. The zero-order valence-electron chi connectivity index (χ0n) is 12.1. The summed E-state index contributed by atoms with van der Waals surface area (Å²) in [5.41, 5.74) is 2.46. The number of halogens is 3. The van der Waals surface area contributed by atoms with E-state index in [0.29, 0.717) is 16.7 Å². The van der Waals surface area contributed by atoms with Crippen LogP contribution in [0.3, 0.4) is 0 Å². The molecule has 0 bridgehead atoms. The number of hydrogen-bond acceptors (Lipinski definition) is 2. The van der Waals surface area contributed by atoms with Crippen LogP contribution >= 0.6 is 0 Å². The van der Waals surface area contributed by atoms with Crippen LogP contribution in [0.5, 0.6) is 5.75 Å². The number of rotatable bonds is 3. The van der Waals surface area contributed by atoms with Crippen LogP contribution in [0, 0.1) is 11.3 Å². The van der Waals surface area contributed by atoms with E-state index in [0.717, 1.165) is 11.6 Å². The molecule has 0 radical (unpaired) electrons. The van der Waals surface area contributed by atoms with E-state index in [-0.39, 0.29) is 11.7 Å². The van der Waals surface area contributed by atoms with Gasteiger partial charge in [0.2, 0.25) is 0 Å². The highest BCUT2D eigenvalue weighted by molar-refractivity contribution is 5.72. The lowest BCUT2D eigenvalue weighted by atomic mass is 9.95. The van der Waals surface area contributed by atoms with Crippen molar-refractivity contribution in [3.63, 3.8) is 0 Å². The summed E-state index contributed by atoms with van der Waals surface area (Å²) in [5, 5.41) is 9.17. The Balaban J connectivity index is 2.51. The van der Waals surface area contributed by atoms with E-state index in [4.69, 9.17) is 5.26 Å². The average molecular weight is 305 g/mol. The molecule has 0 heterocycles. The van der Waals surface area contributed by atoms with Gasteiger partial charge in [-0.3, -0.25) is 0 Å². The molecular formula is C17H14F3NO. The first-order valence-electron chi connectivity index (χ1n) is 6.70. The second-order valence-electron chi connectivity index (χ2n) is 5.15. The first-order chi connectivity index (χ1) is 10.3. The SMILES string of the molecule is CC(C)c1cccc(-c2cc(OC(F)(F)F)ccc2C#N)c1. The maximum absolute atomic E-state index is 12.3. The normalized spacial score (nSPS) is 11.3. The molecule has 22 heavy (non-hydrogen) atoms. The molecule has 0 unspecified atom stereocenters. The van der Waals surface area contributed by atoms with Crippen molar-refractivity contribution in [3.05, 3.63) is 53.6 Å². The zero-order valence-corrected chi connectivity index (χ0v) is 12.1. The lowest BCUT2D eigenvalue weighted by molar-refractivity contribution is -0.274. The summed E-state index contributed by atoms with van der Waals surface area (Å²) in [4.78, 5) is 0. The molecule has 0 fully saturated rings. The highest BCUT2D eigenvalue weighted by Crippen LogP contribution is 2.32. The number of ether oxygens (including phenoxy) is 1. The number of alkyl halides is 3. The Morgan fingerprint density at radius 3 is 2.41 bits per heavy atom. The van der Waals surface area contributed by atoms with Crippen molar-refractivity contribution in [2.24, 2.45) is 0 Å². The van der Waals surface area contributed by atoms with E-state index in [1.54, 1.807) is 6.07 Å². The maximum Gasteiger partial charge on any atom is 0.573 e. The molecule has 0 spiro atoms. The molecule has 0 atom stereocenters. The lowest BCUT2D eigenvalue weighted by Crippen LogP contribution is -2.17. The Kier molecular flexibility index (Phi) is 4.41. The molecule has 0 N–H and O–H groups in total. The van der Waals surface area contributed by atoms with Crippen LogP contribution in [0.25, 0.3) is 11.1 Å². The van der Waals surface area contributed by atoms with E-state index >= 15 is 0 Å². The molecule has 0 aliphatic carbocycles. The van der Waals surface area contributed by atoms with Crippen molar-refractivity contribution in [1.82, 2.24) is 0 Å². The summed E-state index contributed by atoms with van der Waals surface area (Å²) < 4.78 is 41.0. The van der Waals surface area contributed by atoms with E-state index in [9.17, 15) is 13.2 Å². The van der Waals surface area contributed by atoms with Gasteiger partial charge in [-0.25, -0.2) is 0 Å². The molecule has 5 heteroatoms. The van der Waals surface area contributed by atoms with Gasteiger partial charge in [0.25, 0.3) is 0 Å². The molecular weight excluding hydrogens is 291 g/mol. The Morgan fingerprint density at radius 1 is 1.09 bits per heavy atom. The van der Waals surface area contributed by atoms with E-state index in [1.165, 1.54) is 12.1 Å². The van der Waals surface area contributed by atoms with E-state index in [2.05, 4.69) is 4.74 Å². The summed E-state index contributed by atoms with van der Waals surface area (Å²) in [6.07, 6.45) is -4.76. The van der Waals surface area contributed by atoms with Gasteiger partial charge in [0.15, 0.2) is 0 Å². The second kappa shape index (κ2) is 6.10. The van der Waals surface area contributed by atoms with Crippen molar-refractivity contribution in [1.29, 1.82) is 5.26 Å². The van der Waals surface area contributed by atoms with Crippen molar-refractivity contribution in [3.8, 4) is 22.9 Å². The quantitative estimate of drug-likeness (QED) is 0.776. The highest BCUT2D eigenvalue weighted by atomic mass is 19.4. The Bertz CT molecular complexity index is 715. The standard InChI is InChI=1S/C17H14F3NO/c1-11(2)12-4-3-5-13(8-12)16-9-15(22-17(18,19)20)7-6-14(16)10-21/h3-9,11H,1-2H3. The molecule has 0 aromatic heterocycles. The van der Waals surface area contributed by atoms with E-state index < -0.39 is 6.36 Å². The minimum atomic E-state index is -4.76. The van der Waals surface area contributed by atoms with Crippen molar-refractivity contribution in [2.45, 2.75) is 26.1 Å². The molecule has 0 aliphatic rings. The fourth-order valence-electron chi connectivity index (χ4n) is 2.12. The number of nitriles is 1. The molecule has 2 nitrogen and oxygen atoms in total. The first-order valence-corrected chi connectivity index (χ1v) is 6.70. The van der Waals surface area contributed by atoms with Crippen molar-refractivity contribution >= 4 is 0 Å². The van der Waals surface area contributed by atoms with Crippen LogP contribution in [-0.2, 0) is 0 Å². The van der Waals surface area contributed by atoms with Gasteiger partial charge in [-0.2, -0.15) is 5.26 Å². The maximum atomic E-state index is 12.3. The van der Waals surface area contributed by atoms with Gasteiger partial charge in [-0.1, -0.05) is 38.1 Å². The minimum absolute atomic E-state index is 0.278. The molecule has 0 aliphatic heterocycles. The minimum Gasteiger partial charge on any atom is -0.406 e. The van der Waals surface area contributed by atoms with Gasteiger partial charge in [-0.05, 0) is 35.2 Å². The van der Waals surface area contributed by atoms with Gasteiger partial charge < -0.3 is 4.74 Å². The third-order valence-corrected chi connectivity index (χ3v) is 3.21. The summed E-state index contributed by atoms with van der Waals surface area (Å²) in [5.74, 6) is -0.0588. The topological polar surface area (TPSA) is 33.0 Å². The fourth-order valence-corrected chi connectivity index (χ4v) is 2.12. The smallest absolute Gasteiger partial charge is 0.406 e. The van der Waals surface area contributed by atoms with Crippen molar-refractivity contribution < 1.29 is 17.9 Å². The summed E-state index contributed by atoms with van der Waals surface area (Å²) >= 11 is 0. The average Bonchev–Trinajstić information content (AvgIpc) is 2.45. The summed E-state index contributed by atoms with van der Waals surface area (Å²) in [7, 11) is 0. The highest BCUT2D eigenvalue weighted by Gasteiger charge is 2.31. The number of nitrogens with zero attached hydrogens (tertiary/aromatic N) is 1. The predicted molar refractivity (Wildman–Crippen MR) is 77.4 cm³/mol. The largest absolute Gasteiger partial charge is 0.573 e. The molecule has 2 aromatic carbocycles. The van der Waals surface area contributed by atoms with E-state index in [1.807, 2.05) is 38.1 Å². The van der Waals surface area contributed by atoms with Crippen LogP contribution in [0.15, 0.2) is 42.5 Å². The van der Waals surface area contributed by atoms with Crippen LogP contribution in [0.4, 0.5) is 13.2 Å². The molecule has 0 saturated heterocycles. The van der Waals surface area contributed by atoms with Crippen LogP contribution < -0.4 is 4.74 Å². The molecule has 2 aromatic rings. The lowest BCUT2D eigenvalue weighted by Gasteiger charge is -2.13. The number of benzene rings is 2. The van der Waals surface area contributed by atoms with Crippen molar-refractivity contribution in [2.75, 3.05) is 0 Å². The monoisotopic (exact) mass is 305 g/mol. The van der Waals surface area contributed by atoms with Gasteiger partial charge >= 0.3 is 6.36 Å². The summed E-state index contributed by atoms with van der Waals surface area (Å²) in [6, 6.07) is 13.1. The molecule has 114 valence electrons. The molecule has 0 amide bonds. The van der Waals surface area contributed by atoms with Gasteiger partial charge in [0.05, 0.1) is 11.6 Å². The zero-order chi connectivity index (χ0) is 16.3. The first kappa shape index (κ1) is 15.9. The fraction of sp³-hybridized carbons (Fsp3) is 0.235. The predicted octanol–water partition coefficient (Wildman–Crippen LogP) is 5.25. The van der Waals surface area contributed by atoms with Gasteiger partial charge in [-0.15, -0.1) is 13.2 Å². The number of hydrogen-bond donors (Lipinski definition) is 0. The Labute approximate surface area is 126 Å². The molecule has 2 rings (SSSR count). The third kappa shape index (κ3) is 3.79. The third-order valence-electron chi connectivity index (χ3n) is 3.21. The van der Waals surface area contributed by atoms with Crippen LogP contribution in [-0.4, -0.2) is 6.36 Å². The van der Waals surface area contributed by atoms with Gasteiger partial charge in [0.1, 0.15) is 5.75 Å². The second-order valence-corrected chi connectivity index (χ2v) is 5.15. The Morgan fingerprint density at radius 2 is 1.82 bits per heavy atom. The van der Waals surface area contributed by atoms with Gasteiger partial charge in [0, 0.05) is 5.56 Å². The van der Waals surface area contributed by atoms with Crippen LogP contribution in [0.2, 0.25) is 0 Å². The summed E-state index contributed by atoms with van der Waals surface area (Å²) in [6.45, 7) is 4.04. The van der Waals surface area contributed by atoms with Crippen LogP contribution in [0.1, 0.15) is 30.9 Å². The Hall–Kier alpha value is -2.48.